The summed E-state index contributed by atoms with van der Waals surface area (Å²) in [5.74, 6) is 0.486. The van der Waals surface area contributed by atoms with Crippen LogP contribution in [0, 0.1) is 0 Å². The van der Waals surface area contributed by atoms with Crippen LogP contribution in [0.2, 0.25) is 0 Å². The summed E-state index contributed by atoms with van der Waals surface area (Å²) in [6.07, 6.45) is -2.30. The topological polar surface area (TPSA) is 56.9 Å². The number of rotatable bonds is 7. The van der Waals surface area contributed by atoms with Crippen LogP contribution in [0.5, 0.6) is 0 Å². The van der Waals surface area contributed by atoms with Crippen LogP contribution in [0.25, 0.3) is 0 Å². The minimum Gasteiger partial charge on any atom is -0.370 e. The number of benzene rings is 1. The van der Waals surface area contributed by atoms with Gasteiger partial charge in [0, 0.05) is 44.5 Å². The number of aliphatic imine (C=N–C) groups is 1. The third-order valence-corrected chi connectivity index (χ3v) is 4.51. The SMILES string of the molecule is CC(C)NC(N)=NCCCCN1CCN(c2cccc(C(F)(F)F)c2)CC1. The molecule has 0 aromatic heterocycles. The van der Waals surface area contributed by atoms with Gasteiger partial charge in [-0.3, -0.25) is 9.89 Å². The summed E-state index contributed by atoms with van der Waals surface area (Å²) in [7, 11) is 0. The Morgan fingerprint density at radius 1 is 1.19 bits per heavy atom. The van der Waals surface area contributed by atoms with Gasteiger partial charge in [0.2, 0.25) is 0 Å². The standard InChI is InChI=1S/C19H30F3N5/c1-15(2)25-18(23)24-8-3-4-9-26-10-12-27(13-11-26)17-7-5-6-16(14-17)19(20,21)22/h5-7,14-15H,3-4,8-13H2,1-2H3,(H3,23,24,25). The summed E-state index contributed by atoms with van der Waals surface area (Å²) in [6, 6.07) is 5.86. The highest BCUT2D eigenvalue weighted by molar-refractivity contribution is 5.78. The van der Waals surface area contributed by atoms with Crippen LogP contribution < -0.4 is 16.0 Å². The molecule has 0 bridgehead atoms. The minimum atomic E-state index is -4.30. The molecule has 1 aliphatic heterocycles. The monoisotopic (exact) mass is 385 g/mol. The molecule has 5 nitrogen and oxygen atoms in total. The van der Waals surface area contributed by atoms with Gasteiger partial charge < -0.3 is 16.0 Å². The maximum absolute atomic E-state index is 12.9. The molecular formula is C19H30F3N5. The molecule has 2 rings (SSSR count). The van der Waals surface area contributed by atoms with Crippen molar-refractivity contribution in [1.29, 1.82) is 0 Å². The van der Waals surface area contributed by atoms with Crippen molar-refractivity contribution in [2.75, 3.05) is 44.2 Å². The summed E-state index contributed by atoms with van der Waals surface area (Å²) in [5, 5.41) is 3.06. The Morgan fingerprint density at radius 3 is 2.52 bits per heavy atom. The van der Waals surface area contributed by atoms with Gasteiger partial charge in [-0.1, -0.05) is 6.07 Å². The third-order valence-electron chi connectivity index (χ3n) is 4.51. The molecule has 0 atom stereocenters. The fourth-order valence-electron chi connectivity index (χ4n) is 3.10. The van der Waals surface area contributed by atoms with Crippen LogP contribution in [-0.4, -0.2) is 56.2 Å². The Kier molecular flexibility index (Phi) is 7.77. The molecule has 0 aliphatic carbocycles. The largest absolute Gasteiger partial charge is 0.416 e. The predicted octanol–water partition coefficient (Wildman–Crippen LogP) is 2.92. The molecule has 1 saturated heterocycles. The van der Waals surface area contributed by atoms with Gasteiger partial charge in [0.1, 0.15) is 0 Å². The molecule has 27 heavy (non-hydrogen) atoms. The lowest BCUT2D eigenvalue weighted by Crippen LogP contribution is -2.46. The minimum absolute atomic E-state index is 0.280. The number of guanidine groups is 1. The van der Waals surface area contributed by atoms with Crippen molar-refractivity contribution in [3.63, 3.8) is 0 Å². The van der Waals surface area contributed by atoms with E-state index in [2.05, 4.69) is 15.2 Å². The summed E-state index contributed by atoms with van der Waals surface area (Å²) < 4.78 is 38.6. The smallest absolute Gasteiger partial charge is 0.370 e. The number of anilines is 1. The van der Waals surface area contributed by atoms with Crippen molar-refractivity contribution >= 4 is 11.6 Å². The van der Waals surface area contributed by atoms with Gasteiger partial charge in [0.15, 0.2) is 5.96 Å². The molecule has 3 N–H and O–H groups in total. The van der Waals surface area contributed by atoms with Crippen molar-refractivity contribution in [3.05, 3.63) is 29.8 Å². The molecule has 0 amide bonds. The maximum Gasteiger partial charge on any atom is 0.416 e. The van der Waals surface area contributed by atoms with E-state index in [1.807, 2.05) is 18.7 Å². The Morgan fingerprint density at radius 2 is 1.89 bits per heavy atom. The third kappa shape index (κ3) is 7.28. The highest BCUT2D eigenvalue weighted by Crippen LogP contribution is 2.31. The number of halogens is 3. The molecule has 0 unspecified atom stereocenters. The number of hydrogen-bond donors (Lipinski definition) is 2. The molecule has 0 spiro atoms. The zero-order valence-corrected chi connectivity index (χ0v) is 16.1. The molecule has 1 aliphatic rings. The molecule has 8 heteroatoms. The number of unbranched alkanes of at least 4 members (excludes halogenated alkanes) is 1. The second-order valence-corrected chi connectivity index (χ2v) is 7.15. The highest BCUT2D eigenvalue weighted by Gasteiger charge is 2.31. The van der Waals surface area contributed by atoms with Crippen LogP contribution in [-0.2, 0) is 6.18 Å². The molecule has 1 heterocycles. The van der Waals surface area contributed by atoms with E-state index in [-0.39, 0.29) is 6.04 Å². The van der Waals surface area contributed by atoms with Gasteiger partial charge in [0.05, 0.1) is 5.56 Å². The highest BCUT2D eigenvalue weighted by atomic mass is 19.4. The molecule has 1 fully saturated rings. The summed E-state index contributed by atoms with van der Waals surface area (Å²) in [4.78, 5) is 8.66. The van der Waals surface area contributed by atoms with Gasteiger partial charge >= 0.3 is 6.18 Å². The quantitative estimate of drug-likeness (QED) is 0.431. The van der Waals surface area contributed by atoms with Crippen LogP contribution >= 0.6 is 0 Å². The first-order valence-electron chi connectivity index (χ1n) is 9.46. The van der Waals surface area contributed by atoms with E-state index >= 15 is 0 Å². The first-order valence-corrected chi connectivity index (χ1v) is 9.46. The number of nitrogens with one attached hydrogen (secondary N) is 1. The van der Waals surface area contributed by atoms with Crippen molar-refractivity contribution < 1.29 is 13.2 Å². The Balaban J connectivity index is 1.70. The van der Waals surface area contributed by atoms with Gasteiger partial charge in [-0.25, -0.2) is 0 Å². The zero-order valence-electron chi connectivity index (χ0n) is 16.1. The van der Waals surface area contributed by atoms with E-state index < -0.39 is 11.7 Å². The van der Waals surface area contributed by atoms with Crippen LogP contribution in [0.3, 0.4) is 0 Å². The lowest BCUT2D eigenvalue weighted by Gasteiger charge is -2.36. The zero-order chi connectivity index (χ0) is 19.9. The first kappa shape index (κ1) is 21.3. The van der Waals surface area contributed by atoms with Crippen molar-refractivity contribution in [3.8, 4) is 0 Å². The number of piperazine rings is 1. The molecule has 0 saturated carbocycles. The Labute approximate surface area is 159 Å². The second-order valence-electron chi connectivity index (χ2n) is 7.15. The Bertz CT molecular complexity index is 608. The van der Waals surface area contributed by atoms with Gasteiger partial charge in [-0.15, -0.1) is 0 Å². The van der Waals surface area contributed by atoms with Crippen molar-refractivity contribution in [2.45, 2.75) is 38.9 Å². The van der Waals surface area contributed by atoms with Crippen molar-refractivity contribution in [2.24, 2.45) is 10.7 Å². The van der Waals surface area contributed by atoms with E-state index in [9.17, 15) is 13.2 Å². The molecule has 1 aromatic carbocycles. The Hall–Kier alpha value is -1.96. The second kappa shape index (κ2) is 9.82. The van der Waals surface area contributed by atoms with Crippen LogP contribution in [0.15, 0.2) is 29.3 Å². The average molecular weight is 385 g/mol. The van der Waals surface area contributed by atoms with Crippen molar-refractivity contribution in [1.82, 2.24) is 10.2 Å². The number of nitrogens with zero attached hydrogens (tertiary/aromatic N) is 3. The van der Waals surface area contributed by atoms with E-state index in [4.69, 9.17) is 5.73 Å². The fourth-order valence-corrected chi connectivity index (χ4v) is 3.10. The lowest BCUT2D eigenvalue weighted by molar-refractivity contribution is -0.137. The molecular weight excluding hydrogens is 355 g/mol. The summed E-state index contributed by atoms with van der Waals surface area (Å²) >= 11 is 0. The fraction of sp³-hybridized carbons (Fsp3) is 0.632. The molecule has 1 aromatic rings. The number of nitrogens with two attached hydrogens (primary N) is 1. The van der Waals surface area contributed by atoms with Gasteiger partial charge in [0.25, 0.3) is 0 Å². The normalized spacial score (nSPS) is 16.8. The summed E-state index contributed by atoms with van der Waals surface area (Å²) in [6.45, 7) is 8.91. The van der Waals surface area contributed by atoms with Gasteiger partial charge in [-0.2, -0.15) is 13.2 Å². The van der Waals surface area contributed by atoms with Crippen LogP contribution in [0.1, 0.15) is 32.3 Å². The van der Waals surface area contributed by atoms with Gasteiger partial charge in [-0.05, 0) is 51.4 Å². The summed E-state index contributed by atoms with van der Waals surface area (Å²) in [5.41, 5.74) is 5.82. The van der Waals surface area contributed by atoms with Crippen LogP contribution in [0.4, 0.5) is 18.9 Å². The first-order chi connectivity index (χ1) is 12.8. The molecule has 0 radical (unpaired) electrons. The average Bonchev–Trinajstić information content (AvgIpc) is 2.61. The maximum atomic E-state index is 12.9. The van der Waals surface area contributed by atoms with E-state index in [0.717, 1.165) is 51.6 Å². The van der Waals surface area contributed by atoms with E-state index in [1.54, 1.807) is 6.07 Å². The predicted molar refractivity (Wildman–Crippen MR) is 104 cm³/mol. The number of hydrogen-bond acceptors (Lipinski definition) is 3. The lowest BCUT2D eigenvalue weighted by atomic mass is 10.1. The van der Waals surface area contributed by atoms with E-state index in [1.165, 1.54) is 12.1 Å². The number of alkyl halides is 3. The molecule has 152 valence electrons. The van der Waals surface area contributed by atoms with E-state index in [0.29, 0.717) is 18.2 Å².